The maximum Gasteiger partial charge on any atom is 1.00 e. The third kappa shape index (κ3) is 603. The molecule has 21 heteroatoms. The van der Waals surface area contributed by atoms with Crippen molar-refractivity contribution in [2.75, 3.05) is 0 Å². The number of hydrogen-bond acceptors (Lipinski definition) is 13. The molecule has 0 radical (unpaired) electrons. The Morgan fingerprint density at radius 2 is 0.571 bits per heavy atom. The Labute approximate surface area is 128 Å². The average Bonchev–Trinajstić information content (AvgIpc) is 2.23. The summed E-state index contributed by atoms with van der Waals surface area (Å²) in [5, 5.41) is 48.4. The molecule has 0 aromatic heterocycles. The zero-order valence-corrected chi connectivity index (χ0v) is 11.4. The summed E-state index contributed by atoms with van der Waals surface area (Å²) in [7, 11) is 0. The van der Waals surface area contributed by atoms with Gasteiger partial charge in [-0.2, -0.15) is 9.90 Å². The molecular weight excluding hydrogens is 330 g/mol. The fourth-order valence-corrected chi connectivity index (χ4v) is 0. The molecule has 19 nitrogen and oxygen atoms in total. The molecule has 0 aromatic rings. The molecule has 0 aromatic carbocycles. The fourth-order valence-electron chi connectivity index (χ4n) is 0. The first kappa shape index (κ1) is 63.1. The quantitative estimate of drug-likeness (QED) is 0.129. The molecule has 7 N–H and O–H groups in total. The van der Waals surface area contributed by atoms with Crippen molar-refractivity contribution >= 4 is 9.90 Å². The van der Waals surface area contributed by atoms with E-state index in [4.69, 9.17) is 60.7 Å². The van der Waals surface area contributed by atoms with Gasteiger partial charge in [-0.15, -0.1) is 29.9 Å². The molecular formula is H10LiN6O13P. The zero-order chi connectivity index (χ0) is 16.2. The molecule has 0 aliphatic rings. The summed E-state index contributed by atoms with van der Waals surface area (Å²) in [4.78, 5) is 48.6. The topological polar surface area (TPSA) is 332 Å². The standard InChI is InChI=1S/Li.6HNO2.H2O.H3P/c;6*2-1-3;;/h;6*(H,2,3);1H2;1H3/q+1;;;;;;;;/p-1. The van der Waals surface area contributed by atoms with E-state index in [1.165, 1.54) is 26.7 Å². The van der Waals surface area contributed by atoms with Gasteiger partial charge in [0.25, 0.3) is 0 Å². The van der Waals surface area contributed by atoms with Crippen molar-refractivity contribution in [2.24, 2.45) is 32.0 Å². The second kappa shape index (κ2) is 407. The van der Waals surface area contributed by atoms with Crippen molar-refractivity contribution in [1.82, 2.24) is 0 Å². The van der Waals surface area contributed by atoms with Crippen LogP contribution in [0.1, 0.15) is 0 Å². The largest absolute Gasteiger partial charge is 1.00 e. The van der Waals surface area contributed by atoms with E-state index in [0.29, 0.717) is 0 Å². The van der Waals surface area contributed by atoms with Crippen LogP contribution in [0.25, 0.3) is 0 Å². The Kier molecular flexibility index (Phi) is 1220. The number of rotatable bonds is 0. The molecule has 0 aliphatic carbocycles. The summed E-state index contributed by atoms with van der Waals surface area (Å²) in [5.74, 6) is 0. The molecule has 0 bridgehead atoms. The third-order valence-electron chi connectivity index (χ3n) is 0. The van der Waals surface area contributed by atoms with Gasteiger partial charge in [-0.05, 0) is 0 Å². The van der Waals surface area contributed by atoms with Crippen LogP contribution in [0.3, 0.4) is 0 Å². The molecule has 124 valence electrons. The Hall–Kier alpha value is -2.61. The zero-order valence-electron chi connectivity index (χ0n) is 9.98. The average molecular weight is 340 g/mol. The van der Waals surface area contributed by atoms with E-state index >= 15 is 0 Å². The van der Waals surface area contributed by atoms with Gasteiger partial charge in [-0.25, -0.2) is 0 Å². The Morgan fingerprint density at radius 3 is 0.571 bits per heavy atom. The van der Waals surface area contributed by atoms with Gasteiger partial charge in [0.15, 0.2) is 26.7 Å². The molecule has 0 saturated heterocycles. The van der Waals surface area contributed by atoms with Crippen LogP contribution in [0.2, 0.25) is 0 Å². The number of hydrogen-bond donors (Lipinski definition) is 5. The van der Waals surface area contributed by atoms with Gasteiger partial charge in [0.1, 0.15) is 0 Å². The summed E-state index contributed by atoms with van der Waals surface area (Å²) in [5.41, 5.74) is 0. The summed E-state index contributed by atoms with van der Waals surface area (Å²) >= 11 is 0. The minimum absolute atomic E-state index is 0. The van der Waals surface area contributed by atoms with Crippen LogP contribution in [-0.2, 0) is 0 Å². The monoisotopic (exact) mass is 340 g/mol. The molecule has 0 rings (SSSR count). The van der Waals surface area contributed by atoms with Crippen LogP contribution in [0.15, 0.2) is 32.0 Å². The second-order valence-corrected chi connectivity index (χ2v) is 0.483. The van der Waals surface area contributed by atoms with Gasteiger partial charge in [-0.3, -0.25) is 0 Å². The molecule has 0 aliphatic heterocycles. The fraction of sp³-hybridized carbons (Fsp3) is 0. The summed E-state index contributed by atoms with van der Waals surface area (Å²) < 4.78 is 0. The summed E-state index contributed by atoms with van der Waals surface area (Å²) in [6.07, 6.45) is 0. The smallest absolute Gasteiger partial charge is 0.444 e. The summed E-state index contributed by atoms with van der Waals surface area (Å²) in [6.45, 7) is 0. The van der Waals surface area contributed by atoms with Crippen LogP contribution in [0, 0.1) is 34.6 Å². The van der Waals surface area contributed by atoms with E-state index in [0.717, 1.165) is 5.34 Å². The van der Waals surface area contributed by atoms with Gasteiger partial charge >= 0.3 is 18.9 Å². The molecule has 0 heterocycles. The van der Waals surface area contributed by atoms with Crippen molar-refractivity contribution < 1.29 is 50.4 Å². The third-order valence-corrected chi connectivity index (χ3v) is 0. The second-order valence-electron chi connectivity index (χ2n) is 0.483. The van der Waals surface area contributed by atoms with Gasteiger partial charge in [-0.1, -0.05) is 0 Å². The van der Waals surface area contributed by atoms with Crippen molar-refractivity contribution in [3.05, 3.63) is 34.6 Å². The Morgan fingerprint density at radius 1 is 0.571 bits per heavy atom. The minimum atomic E-state index is 0. The van der Waals surface area contributed by atoms with E-state index in [1.807, 2.05) is 0 Å². The Bertz CT molecular complexity index is 120. The predicted octanol–water partition coefficient (Wildman–Crippen LogP) is -2.80. The predicted molar refractivity (Wildman–Crippen MR) is 61.8 cm³/mol. The SMILES string of the molecule is O.O=NO.O=NO.O=NO.O=NO.O=NO.O=N[O-].P.[Li+]. The molecule has 0 amide bonds. The van der Waals surface area contributed by atoms with Crippen LogP contribution >= 0.6 is 9.90 Å². The van der Waals surface area contributed by atoms with Crippen molar-refractivity contribution in [3.63, 3.8) is 0 Å². The molecule has 0 spiro atoms. The molecule has 1 unspecified atom stereocenters. The maximum atomic E-state index is 8.11. The van der Waals surface area contributed by atoms with Crippen molar-refractivity contribution in [3.8, 4) is 0 Å². The van der Waals surface area contributed by atoms with Gasteiger partial charge in [0.2, 0.25) is 0 Å². The van der Waals surface area contributed by atoms with E-state index < -0.39 is 0 Å². The molecule has 0 saturated carbocycles. The van der Waals surface area contributed by atoms with E-state index in [-0.39, 0.29) is 34.2 Å². The van der Waals surface area contributed by atoms with Gasteiger partial charge in [0.05, 0.1) is 0 Å². The van der Waals surface area contributed by atoms with Crippen molar-refractivity contribution in [2.45, 2.75) is 0 Å². The molecule has 0 fully saturated rings. The van der Waals surface area contributed by atoms with E-state index in [9.17, 15) is 0 Å². The van der Waals surface area contributed by atoms with E-state index in [1.54, 1.807) is 0 Å². The molecule has 21 heavy (non-hydrogen) atoms. The Balaban J connectivity index is -0.0000000114. The van der Waals surface area contributed by atoms with Crippen molar-refractivity contribution in [1.29, 1.82) is 0 Å². The molecule has 1 atom stereocenters. The van der Waals surface area contributed by atoms with Crippen LogP contribution in [-0.4, -0.2) is 31.5 Å². The van der Waals surface area contributed by atoms with E-state index in [2.05, 4.69) is 0 Å². The van der Waals surface area contributed by atoms with Crippen LogP contribution in [0.5, 0.6) is 0 Å². The van der Waals surface area contributed by atoms with Gasteiger partial charge in [0, 0.05) is 0 Å². The number of nitrogens with zero attached hydrogens (tertiary/aromatic N) is 6. The first-order chi connectivity index (χ1) is 8.49. The van der Waals surface area contributed by atoms with Gasteiger partial charge < -0.3 is 41.6 Å². The normalized spacial score (nSPS) is 3.43. The maximum absolute atomic E-state index is 8.11. The van der Waals surface area contributed by atoms with Crippen LogP contribution in [0.4, 0.5) is 0 Å². The first-order valence-corrected chi connectivity index (χ1v) is 2.28. The van der Waals surface area contributed by atoms with Crippen LogP contribution < -0.4 is 18.9 Å². The first-order valence-electron chi connectivity index (χ1n) is 2.28. The minimum Gasteiger partial charge on any atom is -0.444 e. The summed E-state index contributed by atoms with van der Waals surface area (Å²) in [6, 6.07) is 0.